The molecule has 184 valence electrons. The van der Waals surface area contributed by atoms with Gasteiger partial charge in [-0.05, 0) is 25.2 Å². The van der Waals surface area contributed by atoms with E-state index in [2.05, 4.69) is 10.6 Å². The predicted octanol–water partition coefficient (Wildman–Crippen LogP) is 1.19. The fourth-order valence-corrected chi connectivity index (χ4v) is 3.38. The van der Waals surface area contributed by atoms with E-state index < -0.39 is 24.0 Å². The van der Waals surface area contributed by atoms with E-state index in [9.17, 15) is 28.8 Å². The summed E-state index contributed by atoms with van der Waals surface area (Å²) in [5.41, 5.74) is 0. The maximum absolute atomic E-state index is 12.8. The Hall–Kier alpha value is -3.04. The van der Waals surface area contributed by atoms with Crippen LogP contribution in [0.15, 0.2) is 12.2 Å². The maximum Gasteiger partial charge on any atom is 0.303 e. The molecule has 10 nitrogen and oxygen atoms in total. The van der Waals surface area contributed by atoms with Crippen LogP contribution < -0.4 is 10.6 Å². The highest BCUT2D eigenvalue weighted by Crippen LogP contribution is 2.11. The molecule has 3 N–H and O–H groups in total. The van der Waals surface area contributed by atoms with Gasteiger partial charge in [-0.25, -0.2) is 0 Å². The van der Waals surface area contributed by atoms with Gasteiger partial charge in [-0.3, -0.25) is 33.7 Å². The highest BCUT2D eigenvalue weighted by atomic mass is 16.4. The van der Waals surface area contributed by atoms with E-state index in [1.54, 1.807) is 27.7 Å². The summed E-state index contributed by atoms with van der Waals surface area (Å²) in [5.74, 6) is -3.46. The van der Waals surface area contributed by atoms with Crippen LogP contribution in [0.3, 0.4) is 0 Å². The van der Waals surface area contributed by atoms with Gasteiger partial charge in [-0.1, -0.05) is 34.1 Å². The molecule has 0 spiro atoms. The number of hydrogen-bond donors (Lipinski definition) is 3. The third kappa shape index (κ3) is 9.55. The summed E-state index contributed by atoms with van der Waals surface area (Å²) in [5, 5.41) is 14.2. The van der Waals surface area contributed by atoms with Gasteiger partial charge < -0.3 is 15.7 Å². The van der Waals surface area contributed by atoms with Gasteiger partial charge in [-0.15, -0.1) is 0 Å². The summed E-state index contributed by atoms with van der Waals surface area (Å²) in [6.07, 6.45) is 4.08. The van der Waals surface area contributed by atoms with Gasteiger partial charge in [0.15, 0.2) is 5.78 Å². The number of nitrogens with one attached hydrogen (secondary N) is 2. The number of amides is 4. The number of hydrogen-bond acceptors (Lipinski definition) is 6. The van der Waals surface area contributed by atoms with Crippen LogP contribution in [0.5, 0.6) is 0 Å². The van der Waals surface area contributed by atoms with Gasteiger partial charge in [0.25, 0.3) is 11.8 Å². The van der Waals surface area contributed by atoms with E-state index in [0.717, 1.165) is 4.90 Å². The van der Waals surface area contributed by atoms with Gasteiger partial charge in [0.05, 0.1) is 6.04 Å². The Kier molecular flexibility index (Phi) is 11.4. The smallest absolute Gasteiger partial charge is 0.303 e. The molecule has 1 heterocycles. The van der Waals surface area contributed by atoms with E-state index in [-0.39, 0.29) is 54.6 Å². The quantitative estimate of drug-likeness (QED) is 0.243. The first kappa shape index (κ1) is 28.0. The lowest BCUT2D eigenvalue weighted by atomic mass is 9.96. The Balaban J connectivity index is 2.53. The van der Waals surface area contributed by atoms with Gasteiger partial charge >= 0.3 is 5.97 Å². The third-order valence-corrected chi connectivity index (χ3v) is 5.33. The molecule has 0 radical (unpaired) electrons. The number of Topliss-reactive ketones (excluding diaryl/α,β-unsaturated/α-hetero) is 1. The van der Waals surface area contributed by atoms with Gasteiger partial charge in [-0.2, -0.15) is 0 Å². The summed E-state index contributed by atoms with van der Waals surface area (Å²) >= 11 is 0. The Morgan fingerprint density at radius 3 is 2.03 bits per heavy atom. The van der Waals surface area contributed by atoms with Gasteiger partial charge in [0, 0.05) is 37.5 Å². The monoisotopic (exact) mass is 465 g/mol. The second-order valence-corrected chi connectivity index (χ2v) is 8.81. The van der Waals surface area contributed by atoms with Gasteiger partial charge in [0.1, 0.15) is 6.04 Å². The highest BCUT2D eigenvalue weighted by molar-refractivity contribution is 6.12. The van der Waals surface area contributed by atoms with Crippen LogP contribution in [0.2, 0.25) is 0 Å². The number of carbonyl (C=O) groups excluding carboxylic acids is 5. The van der Waals surface area contributed by atoms with Crippen LogP contribution in [-0.4, -0.2) is 64.0 Å². The van der Waals surface area contributed by atoms with Crippen molar-refractivity contribution in [1.82, 2.24) is 15.5 Å². The summed E-state index contributed by atoms with van der Waals surface area (Å²) in [7, 11) is 0. The zero-order chi connectivity index (χ0) is 25.1. The Labute approximate surface area is 194 Å². The van der Waals surface area contributed by atoms with Crippen LogP contribution in [0.1, 0.15) is 66.2 Å². The van der Waals surface area contributed by atoms with E-state index in [4.69, 9.17) is 5.11 Å². The van der Waals surface area contributed by atoms with Crippen molar-refractivity contribution < 1.29 is 33.9 Å². The van der Waals surface area contributed by atoms with Crippen molar-refractivity contribution in [2.24, 2.45) is 11.8 Å². The van der Waals surface area contributed by atoms with Crippen molar-refractivity contribution in [2.45, 2.75) is 78.3 Å². The largest absolute Gasteiger partial charge is 0.481 e. The Bertz CT molecular complexity index is 771. The molecule has 2 atom stereocenters. The molecule has 1 aliphatic rings. The highest BCUT2D eigenvalue weighted by Gasteiger charge is 2.30. The molecule has 0 aromatic heterocycles. The minimum absolute atomic E-state index is 0.0195. The molecular weight excluding hydrogens is 430 g/mol. The summed E-state index contributed by atoms with van der Waals surface area (Å²) in [6.45, 7) is 7.18. The number of carboxylic acid groups (broad SMARTS) is 1. The van der Waals surface area contributed by atoms with E-state index in [0.29, 0.717) is 25.8 Å². The van der Waals surface area contributed by atoms with Crippen molar-refractivity contribution in [1.29, 1.82) is 0 Å². The minimum Gasteiger partial charge on any atom is -0.481 e. The van der Waals surface area contributed by atoms with Crippen molar-refractivity contribution >= 4 is 35.4 Å². The third-order valence-electron chi connectivity index (χ3n) is 5.33. The number of rotatable bonds is 15. The normalized spacial score (nSPS) is 15.2. The zero-order valence-corrected chi connectivity index (χ0v) is 19.8. The molecular formula is C23H35N3O7. The van der Waals surface area contributed by atoms with Crippen molar-refractivity contribution in [3.63, 3.8) is 0 Å². The number of carbonyl (C=O) groups is 6. The molecule has 0 aromatic rings. The standard InChI is InChI=1S/C23H35N3O7/c1-14(2)21(23(33)24-16(9-12-20(30)31)22(32)15(3)4)25-17(27)8-6-5-7-13-26-18(28)10-11-19(26)29/h10-11,14-16,21H,5-9,12-13H2,1-4H3,(H,24,33)(H,25,27)(H,30,31)/t16-,21-/m0/s1. The van der Waals surface area contributed by atoms with E-state index in [1.165, 1.54) is 12.2 Å². The SMILES string of the molecule is CC(C)C(=O)[C@H](CCC(=O)O)NC(=O)[C@@H](NC(=O)CCCCCN1C(=O)C=CC1=O)C(C)C. The topological polar surface area (TPSA) is 150 Å². The fourth-order valence-electron chi connectivity index (χ4n) is 3.38. The van der Waals surface area contributed by atoms with Crippen molar-refractivity contribution in [2.75, 3.05) is 6.54 Å². The summed E-state index contributed by atoms with van der Waals surface area (Å²) < 4.78 is 0. The number of imide groups is 1. The second kappa shape index (κ2) is 13.5. The first-order chi connectivity index (χ1) is 15.4. The lowest BCUT2D eigenvalue weighted by Gasteiger charge is -2.25. The van der Waals surface area contributed by atoms with Crippen molar-refractivity contribution in [3.05, 3.63) is 12.2 Å². The van der Waals surface area contributed by atoms with Crippen molar-refractivity contribution in [3.8, 4) is 0 Å². The minimum atomic E-state index is -1.06. The average Bonchev–Trinajstić information content (AvgIpc) is 3.05. The molecule has 0 fully saturated rings. The molecule has 0 aliphatic carbocycles. The molecule has 10 heteroatoms. The number of carboxylic acids is 1. The van der Waals surface area contributed by atoms with E-state index in [1.807, 2.05) is 0 Å². The predicted molar refractivity (Wildman–Crippen MR) is 120 cm³/mol. The summed E-state index contributed by atoms with van der Waals surface area (Å²) in [4.78, 5) is 72.6. The Morgan fingerprint density at radius 1 is 0.909 bits per heavy atom. The first-order valence-electron chi connectivity index (χ1n) is 11.3. The number of aliphatic carboxylic acids is 1. The first-order valence-corrected chi connectivity index (χ1v) is 11.3. The Morgan fingerprint density at radius 2 is 1.52 bits per heavy atom. The maximum atomic E-state index is 12.8. The molecule has 1 aliphatic heterocycles. The number of ketones is 1. The molecule has 0 bridgehead atoms. The average molecular weight is 466 g/mol. The molecule has 0 aromatic carbocycles. The van der Waals surface area contributed by atoms with E-state index >= 15 is 0 Å². The fraction of sp³-hybridized carbons (Fsp3) is 0.652. The molecule has 33 heavy (non-hydrogen) atoms. The lowest BCUT2D eigenvalue weighted by molar-refractivity contribution is -0.139. The molecule has 0 unspecified atom stereocenters. The zero-order valence-electron chi connectivity index (χ0n) is 19.8. The van der Waals surface area contributed by atoms with Crippen LogP contribution >= 0.6 is 0 Å². The summed E-state index contributed by atoms with van der Waals surface area (Å²) in [6, 6.07) is -1.80. The van der Waals surface area contributed by atoms with Gasteiger partial charge in [0.2, 0.25) is 11.8 Å². The molecule has 0 saturated carbocycles. The molecule has 4 amide bonds. The lowest BCUT2D eigenvalue weighted by Crippen LogP contribution is -2.54. The number of unbranched alkanes of at least 4 members (excludes halogenated alkanes) is 2. The molecule has 1 rings (SSSR count). The van der Waals surface area contributed by atoms with Crippen LogP contribution in [0.25, 0.3) is 0 Å². The van der Waals surface area contributed by atoms with Crippen LogP contribution in [-0.2, 0) is 28.8 Å². The van der Waals surface area contributed by atoms with Crippen LogP contribution in [0, 0.1) is 11.8 Å². The second-order valence-electron chi connectivity index (χ2n) is 8.81. The van der Waals surface area contributed by atoms with Crippen LogP contribution in [0.4, 0.5) is 0 Å². The number of nitrogens with zero attached hydrogens (tertiary/aromatic N) is 1. The molecule has 0 saturated heterocycles.